The van der Waals surface area contributed by atoms with Gasteiger partial charge in [0.25, 0.3) is 0 Å². The number of fused-ring (bicyclic) bond motifs is 2. The maximum absolute atomic E-state index is 5.84. The van der Waals surface area contributed by atoms with E-state index in [1.807, 2.05) is 23.9 Å². The average Bonchev–Trinajstić information content (AvgIpc) is 2.86. The van der Waals surface area contributed by atoms with Gasteiger partial charge in [0.15, 0.2) is 0 Å². The summed E-state index contributed by atoms with van der Waals surface area (Å²) in [5.74, 6) is 1.91. The first-order chi connectivity index (χ1) is 14.1. The summed E-state index contributed by atoms with van der Waals surface area (Å²) >= 11 is 1.93. The first-order valence-corrected chi connectivity index (χ1v) is 11.0. The SMILES string of the molecule is Cc1ccc2c(c1)C(Nc1ccc(OCCN(C)C)cc1)c1ccccc1CS2. The van der Waals surface area contributed by atoms with Gasteiger partial charge in [0, 0.05) is 22.9 Å². The van der Waals surface area contributed by atoms with Gasteiger partial charge in [-0.2, -0.15) is 0 Å². The molecular formula is C25H28N2OS. The van der Waals surface area contributed by atoms with Crippen LogP contribution in [0.25, 0.3) is 0 Å². The van der Waals surface area contributed by atoms with Gasteiger partial charge in [-0.05, 0) is 68.0 Å². The Bertz CT molecular complexity index is 969. The summed E-state index contributed by atoms with van der Waals surface area (Å²) in [5.41, 5.74) is 6.50. The van der Waals surface area contributed by atoms with Gasteiger partial charge in [0.1, 0.15) is 12.4 Å². The summed E-state index contributed by atoms with van der Waals surface area (Å²) in [4.78, 5) is 3.48. The van der Waals surface area contributed by atoms with Gasteiger partial charge in [-0.15, -0.1) is 11.8 Å². The van der Waals surface area contributed by atoms with Crippen molar-refractivity contribution in [1.82, 2.24) is 4.90 Å². The smallest absolute Gasteiger partial charge is 0.119 e. The lowest BCUT2D eigenvalue weighted by Crippen LogP contribution is -2.19. The Morgan fingerprint density at radius 3 is 2.59 bits per heavy atom. The second-order valence-electron chi connectivity index (χ2n) is 7.78. The Balaban J connectivity index is 1.60. The van der Waals surface area contributed by atoms with E-state index in [1.165, 1.54) is 27.1 Å². The molecule has 0 saturated carbocycles. The van der Waals surface area contributed by atoms with Crippen molar-refractivity contribution in [2.24, 2.45) is 0 Å². The lowest BCUT2D eigenvalue weighted by Gasteiger charge is -2.23. The zero-order chi connectivity index (χ0) is 20.2. The summed E-state index contributed by atoms with van der Waals surface area (Å²) in [6, 6.07) is 24.0. The van der Waals surface area contributed by atoms with Crippen LogP contribution >= 0.6 is 11.8 Å². The molecule has 0 amide bonds. The van der Waals surface area contributed by atoms with Crippen LogP contribution in [0.5, 0.6) is 5.75 Å². The second-order valence-corrected chi connectivity index (χ2v) is 8.80. The third-order valence-corrected chi connectivity index (χ3v) is 6.34. The van der Waals surface area contributed by atoms with Crippen molar-refractivity contribution < 1.29 is 4.74 Å². The first kappa shape index (κ1) is 19.9. The molecule has 0 saturated heterocycles. The van der Waals surface area contributed by atoms with Gasteiger partial charge in [-0.3, -0.25) is 0 Å². The minimum atomic E-state index is 0.136. The summed E-state index contributed by atoms with van der Waals surface area (Å²) in [5, 5.41) is 3.78. The molecule has 3 aromatic carbocycles. The van der Waals surface area contributed by atoms with Crippen molar-refractivity contribution in [2.45, 2.75) is 23.6 Å². The van der Waals surface area contributed by atoms with E-state index in [9.17, 15) is 0 Å². The van der Waals surface area contributed by atoms with Crippen molar-refractivity contribution in [2.75, 3.05) is 32.6 Å². The molecule has 1 N–H and O–H groups in total. The van der Waals surface area contributed by atoms with Crippen molar-refractivity contribution in [1.29, 1.82) is 0 Å². The number of likely N-dealkylation sites (N-methyl/N-ethyl adjacent to an activating group) is 1. The highest BCUT2D eigenvalue weighted by Gasteiger charge is 2.24. The summed E-state index contributed by atoms with van der Waals surface area (Å²) in [7, 11) is 4.11. The molecule has 0 fully saturated rings. The molecule has 1 unspecified atom stereocenters. The molecule has 1 atom stereocenters. The quantitative estimate of drug-likeness (QED) is 0.566. The van der Waals surface area contributed by atoms with Crippen molar-refractivity contribution >= 4 is 17.4 Å². The molecule has 1 aliphatic heterocycles. The monoisotopic (exact) mass is 404 g/mol. The molecule has 1 aliphatic rings. The normalized spacial score (nSPS) is 15.4. The Labute approximate surface area is 178 Å². The Morgan fingerprint density at radius 2 is 1.79 bits per heavy atom. The average molecular weight is 405 g/mol. The van der Waals surface area contributed by atoms with Crippen LogP contribution in [-0.4, -0.2) is 32.1 Å². The Hall–Kier alpha value is -2.43. The minimum Gasteiger partial charge on any atom is -0.492 e. The van der Waals surface area contributed by atoms with E-state index in [4.69, 9.17) is 4.74 Å². The molecule has 0 aromatic heterocycles. The molecule has 4 rings (SSSR count). The topological polar surface area (TPSA) is 24.5 Å². The number of thioether (sulfide) groups is 1. The van der Waals surface area contributed by atoms with Gasteiger partial charge in [0.05, 0.1) is 6.04 Å². The van der Waals surface area contributed by atoms with Crippen LogP contribution in [0.15, 0.2) is 71.6 Å². The molecule has 4 heteroatoms. The first-order valence-electron chi connectivity index (χ1n) is 10.1. The number of anilines is 1. The largest absolute Gasteiger partial charge is 0.492 e. The third kappa shape index (κ3) is 4.77. The highest BCUT2D eigenvalue weighted by atomic mass is 32.2. The maximum atomic E-state index is 5.84. The van der Waals surface area contributed by atoms with Crippen molar-refractivity contribution in [3.63, 3.8) is 0 Å². The molecule has 0 aliphatic carbocycles. The summed E-state index contributed by atoms with van der Waals surface area (Å²) in [6.45, 7) is 3.77. The lowest BCUT2D eigenvalue weighted by atomic mass is 9.94. The second kappa shape index (κ2) is 8.93. The number of nitrogens with one attached hydrogen (secondary N) is 1. The number of benzene rings is 3. The molecule has 0 spiro atoms. The predicted octanol–water partition coefficient (Wildman–Crippen LogP) is 5.74. The third-order valence-electron chi connectivity index (χ3n) is 5.20. The predicted molar refractivity (Wildman–Crippen MR) is 123 cm³/mol. The molecule has 29 heavy (non-hydrogen) atoms. The molecule has 3 aromatic rings. The highest BCUT2D eigenvalue weighted by molar-refractivity contribution is 7.98. The fourth-order valence-corrected chi connectivity index (χ4v) is 4.69. The van der Waals surface area contributed by atoms with E-state index >= 15 is 0 Å². The zero-order valence-corrected chi connectivity index (χ0v) is 18.1. The van der Waals surface area contributed by atoms with E-state index in [0.29, 0.717) is 6.61 Å². The van der Waals surface area contributed by atoms with E-state index in [-0.39, 0.29) is 6.04 Å². The van der Waals surface area contributed by atoms with Gasteiger partial charge >= 0.3 is 0 Å². The van der Waals surface area contributed by atoms with Crippen LogP contribution in [0.4, 0.5) is 5.69 Å². The van der Waals surface area contributed by atoms with Crippen LogP contribution in [-0.2, 0) is 5.75 Å². The summed E-state index contributed by atoms with van der Waals surface area (Å²) in [6.07, 6.45) is 0. The standard InChI is InChI=1S/C25H28N2OS/c1-18-8-13-24-23(16-18)25(22-7-5-4-6-19(22)17-29-24)26-20-9-11-21(12-10-20)28-15-14-27(2)3/h4-13,16,25-26H,14-15,17H2,1-3H3. The molecule has 0 radical (unpaired) electrons. The number of aryl methyl sites for hydroxylation is 1. The van der Waals surface area contributed by atoms with Gasteiger partial charge in [0.2, 0.25) is 0 Å². The van der Waals surface area contributed by atoms with E-state index in [1.54, 1.807) is 0 Å². The van der Waals surface area contributed by atoms with Gasteiger partial charge in [-0.25, -0.2) is 0 Å². The number of nitrogens with zero attached hydrogens (tertiary/aromatic N) is 1. The molecular weight excluding hydrogens is 376 g/mol. The number of rotatable bonds is 6. The van der Waals surface area contributed by atoms with E-state index in [0.717, 1.165) is 23.7 Å². The highest BCUT2D eigenvalue weighted by Crippen LogP contribution is 2.41. The fraction of sp³-hybridized carbons (Fsp3) is 0.280. The number of hydrogen-bond donors (Lipinski definition) is 1. The molecule has 0 bridgehead atoms. The Kier molecular flexibility index (Phi) is 6.12. The van der Waals surface area contributed by atoms with Crippen LogP contribution < -0.4 is 10.1 Å². The minimum absolute atomic E-state index is 0.136. The zero-order valence-electron chi connectivity index (χ0n) is 17.3. The van der Waals surface area contributed by atoms with Crippen LogP contribution in [0.1, 0.15) is 28.3 Å². The van der Waals surface area contributed by atoms with Crippen LogP contribution in [0, 0.1) is 6.92 Å². The molecule has 150 valence electrons. The van der Waals surface area contributed by atoms with Crippen molar-refractivity contribution in [3.8, 4) is 5.75 Å². The lowest BCUT2D eigenvalue weighted by molar-refractivity contribution is 0.261. The van der Waals surface area contributed by atoms with Gasteiger partial charge in [-0.1, -0.05) is 42.0 Å². The fourth-order valence-electron chi connectivity index (χ4n) is 3.61. The van der Waals surface area contributed by atoms with E-state index in [2.05, 4.69) is 85.8 Å². The number of ether oxygens (including phenoxy) is 1. The van der Waals surface area contributed by atoms with Crippen LogP contribution in [0.2, 0.25) is 0 Å². The number of hydrogen-bond acceptors (Lipinski definition) is 4. The molecule has 3 nitrogen and oxygen atoms in total. The maximum Gasteiger partial charge on any atom is 0.119 e. The van der Waals surface area contributed by atoms with Crippen molar-refractivity contribution in [3.05, 3.63) is 89.0 Å². The van der Waals surface area contributed by atoms with Crippen LogP contribution in [0.3, 0.4) is 0 Å². The van der Waals surface area contributed by atoms with Gasteiger partial charge < -0.3 is 15.0 Å². The van der Waals surface area contributed by atoms with E-state index < -0.39 is 0 Å². The Morgan fingerprint density at radius 1 is 1.00 bits per heavy atom. The molecule has 1 heterocycles. The summed E-state index contributed by atoms with van der Waals surface area (Å²) < 4.78 is 5.84.